The maximum Gasteiger partial charge on any atom is 0.252 e. The fourth-order valence-corrected chi connectivity index (χ4v) is 4.64. The van der Waals surface area contributed by atoms with Crippen LogP contribution in [0.25, 0.3) is 28.4 Å². The Morgan fingerprint density at radius 2 is 1.88 bits per heavy atom. The topological polar surface area (TPSA) is 90.6 Å². The molecule has 0 bridgehead atoms. The van der Waals surface area contributed by atoms with Gasteiger partial charge in [0, 0.05) is 43.0 Å². The number of anilines is 1. The van der Waals surface area contributed by atoms with E-state index in [2.05, 4.69) is 26.8 Å². The number of ether oxygens (including phenoxy) is 2. The van der Waals surface area contributed by atoms with Gasteiger partial charge >= 0.3 is 0 Å². The SMILES string of the molecule is Cc1c(-c2ccnc(N3CCCC(C)C3)n2)cnc2nc(-c3ccc4c(c3)OCCCO4)nn12. The van der Waals surface area contributed by atoms with E-state index < -0.39 is 0 Å². The molecule has 6 rings (SSSR count). The van der Waals surface area contributed by atoms with E-state index in [-0.39, 0.29) is 0 Å². The van der Waals surface area contributed by atoms with Gasteiger partial charge in [-0.2, -0.15) is 4.98 Å². The highest BCUT2D eigenvalue weighted by Crippen LogP contribution is 2.33. The summed E-state index contributed by atoms with van der Waals surface area (Å²) in [5, 5.41) is 4.76. The maximum atomic E-state index is 5.83. The molecule has 174 valence electrons. The van der Waals surface area contributed by atoms with Crippen molar-refractivity contribution in [1.29, 1.82) is 0 Å². The number of aromatic nitrogens is 6. The van der Waals surface area contributed by atoms with E-state index in [1.807, 2.05) is 43.6 Å². The number of aryl methyl sites for hydroxylation is 1. The zero-order chi connectivity index (χ0) is 23.1. The molecule has 0 spiro atoms. The lowest BCUT2D eigenvalue weighted by molar-refractivity contribution is 0.297. The number of rotatable bonds is 3. The van der Waals surface area contributed by atoms with Crippen LogP contribution in [0.15, 0.2) is 36.7 Å². The smallest absolute Gasteiger partial charge is 0.252 e. The highest BCUT2D eigenvalue weighted by Gasteiger charge is 2.20. The average Bonchev–Trinajstić information content (AvgIpc) is 3.16. The molecule has 2 aliphatic heterocycles. The molecule has 3 aromatic heterocycles. The van der Waals surface area contributed by atoms with Gasteiger partial charge in [-0.05, 0) is 49.9 Å². The first-order chi connectivity index (χ1) is 16.7. The van der Waals surface area contributed by atoms with Crippen LogP contribution < -0.4 is 14.4 Å². The molecule has 2 aliphatic rings. The zero-order valence-corrected chi connectivity index (χ0v) is 19.4. The van der Waals surface area contributed by atoms with Gasteiger partial charge < -0.3 is 14.4 Å². The molecule has 9 heteroatoms. The van der Waals surface area contributed by atoms with E-state index in [1.165, 1.54) is 12.8 Å². The number of hydrogen-bond donors (Lipinski definition) is 0. The van der Waals surface area contributed by atoms with Gasteiger partial charge in [-0.1, -0.05) is 6.92 Å². The summed E-state index contributed by atoms with van der Waals surface area (Å²) < 4.78 is 13.4. The van der Waals surface area contributed by atoms with Gasteiger partial charge in [0.15, 0.2) is 17.3 Å². The second kappa shape index (κ2) is 8.55. The third kappa shape index (κ3) is 3.81. The van der Waals surface area contributed by atoms with Crippen molar-refractivity contribution in [1.82, 2.24) is 29.5 Å². The number of benzene rings is 1. The summed E-state index contributed by atoms with van der Waals surface area (Å²) >= 11 is 0. The molecule has 1 atom stereocenters. The molecule has 1 saturated heterocycles. The molecule has 34 heavy (non-hydrogen) atoms. The molecule has 0 saturated carbocycles. The van der Waals surface area contributed by atoms with Crippen LogP contribution in [0.3, 0.4) is 0 Å². The highest BCUT2D eigenvalue weighted by atomic mass is 16.5. The Bertz CT molecular complexity index is 1350. The minimum Gasteiger partial charge on any atom is -0.490 e. The largest absolute Gasteiger partial charge is 0.490 e. The Morgan fingerprint density at radius 1 is 1.00 bits per heavy atom. The van der Waals surface area contributed by atoms with Gasteiger partial charge in [0.25, 0.3) is 5.78 Å². The van der Waals surface area contributed by atoms with Crippen molar-refractivity contribution < 1.29 is 9.47 Å². The normalized spacial score (nSPS) is 18.2. The van der Waals surface area contributed by atoms with Crippen LogP contribution in [0, 0.1) is 12.8 Å². The molecule has 5 heterocycles. The molecule has 0 amide bonds. The van der Waals surface area contributed by atoms with Crippen LogP contribution >= 0.6 is 0 Å². The maximum absolute atomic E-state index is 5.83. The Balaban J connectivity index is 1.35. The summed E-state index contributed by atoms with van der Waals surface area (Å²) in [5.74, 6) is 4.04. The lowest BCUT2D eigenvalue weighted by atomic mass is 10.0. The Kier molecular flexibility index (Phi) is 5.24. The van der Waals surface area contributed by atoms with Crippen molar-refractivity contribution in [3.63, 3.8) is 0 Å². The molecular formula is C25H27N7O2. The summed E-state index contributed by atoms with van der Waals surface area (Å²) in [4.78, 5) is 20.9. The molecule has 9 nitrogen and oxygen atoms in total. The quantitative estimate of drug-likeness (QED) is 0.457. The molecule has 1 fully saturated rings. The standard InChI is InChI=1S/C25H27N7O2/c1-16-5-3-10-31(15-16)24-26-9-8-20(28-24)19-14-27-25-29-23(30-32(25)17(19)2)18-6-7-21-22(13-18)34-12-4-11-33-21/h6-9,13-14,16H,3-5,10-12,15H2,1-2H3. The van der Waals surface area contributed by atoms with E-state index in [4.69, 9.17) is 19.6 Å². The predicted molar refractivity (Wildman–Crippen MR) is 128 cm³/mol. The fraction of sp³-hybridized carbons (Fsp3) is 0.400. The first-order valence-electron chi connectivity index (χ1n) is 11.9. The molecule has 4 aromatic rings. The first-order valence-corrected chi connectivity index (χ1v) is 11.9. The lowest BCUT2D eigenvalue weighted by Gasteiger charge is -2.31. The van der Waals surface area contributed by atoms with Gasteiger partial charge in [-0.15, -0.1) is 5.10 Å². The minimum absolute atomic E-state index is 0.544. The molecular weight excluding hydrogens is 430 g/mol. The Morgan fingerprint density at radius 3 is 2.76 bits per heavy atom. The summed E-state index contributed by atoms with van der Waals surface area (Å²) in [7, 11) is 0. The van der Waals surface area contributed by atoms with E-state index >= 15 is 0 Å². The van der Waals surface area contributed by atoms with Crippen LogP contribution in [0.4, 0.5) is 5.95 Å². The summed E-state index contributed by atoms with van der Waals surface area (Å²) in [6, 6.07) is 7.72. The van der Waals surface area contributed by atoms with Crippen LogP contribution in [0.1, 0.15) is 31.9 Å². The van der Waals surface area contributed by atoms with Crippen molar-refractivity contribution in [2.24, 2.45) is 5.92 Å². The van der Waals surface area contributed by atoms with E-state index in [9.17, 15) is 0 Å². The highest BCUT2D eigenvalue weighted by molar-refractivity contribution is 5.66. The lowest BCUT2D eigenvalue weighted by Crippen LogP contribution is -2.35. The third-order valence-corrected chi connectivity index (χ3v) is 6.47. The van der Waals surface area contributed by atoms with Crippen molar-refractivity contribution in [3.05, 3.63) is 42.4 Å². The first kappa shape index (κ1) is 20.8. The average molecular weight is 458 g/mol. The minimum atomic E-state index is 0.544. The van der Waals surface area contributed by atoms with Crippen molar-refractivity contribution in [3.8, 4) is 34.1 Å². The van der Waals surface area contributed by atoms with Gasteiger partial charge in [0.1, 0.15) is 0 Å². The van der Waals surface area contributed by atoms with Gasteiger partial charge in [0.2, 0.25) is 5.95 Å². The molecule has 1 aromatic carbocycles. The zero-order valence-electron chi connectivity index (χ0n) is 19.4. The third-order valence-electron chi connectivity index (χ3n) is 6.47. The summed E-state index contributed by atoms with van der Waals surface area (Å²) in [5.41, 5.74) is 3.54. The number of fused-ring (bicyclic) bond motifs is 2. The van der Waals surface area contributed by atoms with Crippen molar-refractivity contribution in [2.75, 3.05) is 31.2 Å². The van der Waals surface area contributed by atoms with Crippen LogP contribution in [0.5, 0.6) is 11.5 Å². The van der Waals surface area contributed by atoms with E-state index in [0.29, 0.717) is 30.7 Å². The van der Waals surface area contributed by atoms with Crippen LogP contribution in [0.2, 0.25) is 0 Å². The van der Waals surface area contributed by atoms with E-state index in [1.54, 1.807) is 4.52 Å². The molecule has 0 aliphatic carbocycles. The van der Waals surface area contributed by atoms with E-state index in [0.717, 1.165) is 59.5 Å². The van der Waals surface area contributed by atoms with Crippen LogP contribution in [-0.4, -0.2) is 55.9 Å². The number of nitrogens with zero attached hydrogens (tertiary/aromatic N) is 7. The molecule has 0 N–H and O–H groups in total. The second-order valence-corrected chi connectivity index (χ2v) is 9.05. The second-order valence-electron chi connectivity index (χ2n) is 9.05. The predicted octanol–water partition coefficient (Wildman–Crippen LogP) is 3.95. The Hall–Kier alpha value is -3.75. The molecule has 0 radical (unpaired) electrons. The fourth-order valence-electron chi connectivity index (χ4n) is 4.64. The van der Waals surface area contributed by atoms with Gasteiger partial charge in [0.05, 0.1) is 24.6 Å². The Labute approximate surface area is 197 Å². The number of piperidine rings is 1. The van der Waals surface area contributed by atoms with Crippen molar-refractivity contribution >= 4 is 11.7 Å². The van der Waals surface area contributed by atoms with Gasteiger partial charge in [-0.3, -0.25) is 0 Å². The summed E-state index contributed by atoms with van der Waals surface area (Å²) in [6.45, 7) is 7.57. The monoisotopic (exact) mass is 457 g/mol. The van der Waals surface area contributed by atoms with Gasteiger partial charge in [-0.25, -0.2) is 19.5 Å². The summed E-state index contributed by atoms with van der Waals surface area (Å²) in [6.07, 6.45) is 6.94. The van der Waals surface area contributed by atoms with Crippen molar-refractivity contribution in [2.45, 2.75) is 33.1 Å². The molecule has 1 unspecified atom stereocenters. The van der Waals surface area contributed by atoms with Crippen LogP contribution in [-0.2, 0) is 0 Å². The number of hydrogen-bond acceptors (Lipinski definition) is 8.